The standard InChI is InChI=1S/C24H21ClF2N2O4/c1-13-2-3-14(24(33)28-11-17(31)12-30)8-19(13)23(32)18-6-5-16(10-20(18)25)29-22-7-4-15(26)9-21(22)27/h2-10,17,29-31H,11-12H2,1H3,(H,28,33). The number of amides is 1. The second kappa shape index (κ2) is 10.5. The van der Waals surface area contributed by atoms with Gasteiger partial charge in [-0.05, 0) is 55.0 Å². The number of benzene rings is 3. The molecule has 4 N–H and O–H groups in total. The van der Waals surface area contributed by atoms with Gasteiger partial charge in [0.2, 0.25) is 0 Å². The first-order valence-corrected chi connectivity index (χ1v) is 10.3. The molecular weight excluding hydrogens is 454 g/mol. The van der Waals surface area contributed by atoms with Gasteiger partial charge >= 0.3 is 0 Å². The van der Waals surface area contributed by atoms with Gasteiger partial charge in [0.05, 0.1) is 23.4 Å². The highest BCUT2D eigenvalue weighted by molar-refractivity contribution is 6.35. The Bertz CT molecular complexity index is 1200. The monoisotopic (exact) mass is 474 g/mol. The van der Waals surface area contributed by atoms with E-state index >= 15 is 0 Å². The summed E-state index contributed by atoms with van der Waals surface area (Å²) in [4.78, 5) is 25.4. The van der Waals surface area contributed by atoms with Gasteiger partial charge in [-0.2, -0.15) is 0 Å². The second-order valence-corrected chi connectivity index (χ2v) is 7.76. The first-order valence-electron chi connectivity index (χ1n) is 9.93. The number of aryl methyl sites for hydroxylation is 1. The maximum atomic E-state index is 13.9. The molecule has 0 aliphatic heterocycles. The van der Waals surface area contributed by atoms with Crippen LogP contribution < -0.4 is 10.6 Å². The number of carbonyl (C=O) groups is 2. The van der Waals surface area contributed by atoms with Crippen molar-refractivity contribution in [3.05, 3.63) is 93.5 Å². The molecule has 1 amide bonds. The van der Waals surface area contributed by atoms with E-state index in [2.05, 4.69) is 10.6 Å². The summed E-state index contributed by atoms with van der Waals surface area (Å²) in [5.74, 6) is -2.40. The molecule has 0 aromatic heterocycles. The quantitative estimate of drug-likeness (QED) is 0.370. The number of ketones is 1. The first kappa shape index (κ1) is 24.3. The fraction of sp³-hybridized carbons (Fsp3) is 0.167. The highest BCUT2D eigenvalue weighted by Crippen LogP contribution is 2.28. The van der Waals surface area contributed by atoms with Crippen LogP contribution in [0.15, 0.2) is 54.6 Å². The SMILES string of the molecule is Cc1ccc(C(=O)NCC(O)CO)cc1C(=O)c1ccc(Nc2ccc(F)cc2F)cc1Cl. The van der Waals surface area contributed by atoms with Gasteiger partial charge < -0.3 is 20.8 Å². The van der Waals surface area contributed by atoms with Gasteiger partial charge in [0, 0.05) is 35.0 Å². The van der Waals surface area contributed by atoms with E-state index < -0.39 is 36.0 Å². The molecule has 3 aromatic rings. The van der Waals surface area contributed by atoms with Crippen molar-refractivity contribution in [3.8, 4) is 0 Å². The Morgan fingerprint density at radius 3 is 2.45 bits per heavy atom. The Balaban J connectivity index is 1.82. The van der Waals surface area contributed by atoms with E-state index in [0.29, 0.717) is 11.3 Å². The van der Waals surface area contributed by atoms with E-state index in [4.69, 9.17) is 16.7 Å². The molecule has 33 heavy (non-hydrogen) atoms. The number of nitrogens with one attached hydrogen (secondary N) is 2. The number of carbonyl (C=O) groups excluding carboxylic acids is 2. The Labute approximate surface area is 193 Å². The van der Waals surface area contributed by atoms with Gasteiger partial charge in [-0.15, -0.1) is 0 Å². The molecule has 0 spiro atoms. The van der Waals surface area contributed by atoms with E-state index in [1.165, 1.54) is 30.3 Å². The Morgan fingerprint density at radius 2 is 1.79 bits per heavy atom. The molecule has 0 saturated carbocycles. The van der Waals surface area contributed by atoms with Crippen LogP contribution in [0.25, 0.3) is 0 Å². The molecule has 1 atom stereocenters. The van der Waals surface area contributed by atoms with E-state index in [9.17, 15) is 23.5 Å². The zero-order chi connectivity index (χ0) is 24.1. The number of anilines is 2. The number of hydrogen-bond donors (Lipinski definition) is 4. The number of aliphatic hydroxyl groups excluding tert-OH is 2. The lowest BCUT2D eigenvalue weighted by Crippen LogP contribution is -2.34. The Kier molecular flexibility index (Phi) is 7.75. The lowest BCUT2D eigenvalue weighted by molar-refractivity contribution is 0.0802. The third kappa shape index (κ3) is 5.92. The summed E-state index contributed by atoms with van der Waals surface area (Å²) in [6.45, 7) is 1.09. The largest absolute Gasteiger partial charge is 0.394 e. The maximum absolute atomic E-state index is 13.9. The van der Waals surface area contributed by atoms with Gasteiger partial charge in [-0.1, -0.05) is 17.7 Å². The molecule has 9 heteroatoms. The molecule has 0 bridgehead atoms. The van der Waals surface area contributed by atoms with Crippen LogP contribution in [0.3, 0.4) is 0 Å². The van der Waals surface area contributed by atoms with Gasteiger partial charge in [0.1, 0.15) is 11.6 Å². The summed E-state index contributed by atoms with van der Waals surface area (Å²) in [5, 5.41) is 23.6. The Morgan fingerprint density at radius 1 is 1.03 bits per heavy atom. The van der Waals surface area contributed by atoms with Gasteiger partial charge in [-0.25, -0.2) is 8.78 Å². The highest BCUT2D eigenvalue weighted by Gasteiger charge is 2.18. The summed E-state index contributed by atoms with van der Waals surface area (Å²) in [5.41, 5.74) is 1.71. The fourth-order valence-electron chi connectivity index (χ4n) is 3.05. The van der Waals surface area contributed by atoms with Crippen molar-refractivity contribution in [2.45, 2.75) is 13.0 Å². The van der Waals surface area contributed by atoms with Crippen LogP contribution in [0.4, 0.5) is 20.2 Å². The second-order valence-electron chi connectivity index (χ2n) is 7.35. The number of hydrogen-bond acceptors (Lipinski definition) is 5. The number of halogens is 3. The van der Waals surface area contributed by atoms with Crippen LogP contribution in [0.5, 0.6) is 0 Å². The molecule has 0 heterocycles. The Hall–Kier alpha value is -3.33. The van der Waals surface area contributed by atoms with Gasteiger partial charge in [0.15, 0.2) is 5.78 Å². The molecule has 3 aromatic carbocycles. The minimum absolute atomic E-state index is 0.0485. The van der Waals surface area contributed by atoms with Crippen molar-refractivity contribution < 1.29 is 28.6 Å². The molecule has 6 nitrogen and oxygen atoms in total. The summed E-state index contributed by atoms with van der Waals surface area (Å²) >= 11 is 6.32. The van der Waals surface area contributed by atoms with Crippen LogP contribution in [0.2, 0.25) is 5.02 Å². The molecule has 3 rings (SSSR count). The van der Waals surface area contributed by atoms with Gasteiger partial charge in [0.25, 0.3) is 5.91 Å². The maximum Gasteiger partial charge on any atom is 0.251 e. The predicted octanol–water partition coefficient (Wildman–Crippen LogP) is 3.98. The zero-order valence-electron chi connectivity index (χ0n) is 17.5. The molecule has 0 fully saturated rings. The van der Waals surface area contributed by atoms with Crippen molar-refractivity contribution in [2.75, 3.05) is 18.5 Å². The molecule has 0 aliphatic rings. The third-order valence-electron chi connectivity index (χ3n) is 4.88. The average molecular weight is 475 g/mol. The van der Waals surface area contributed by atoms with Crippen molar-refractivity contribution in [1.29, 1.82) is 0 Å². The van der Waals surface area contributed by atoms with E-state index in [1.807, 2.05) is 0 Å². The normalized spacial score (nSPS) is 11.7. The molecule has 0 saturated heterocycles. The third-order valence-corrected chi connectivity index (χ3v) is 5.19. The lowest BCUT2D eigenvalue weighted by atomic mass is 9.96. The summed E-state index contributed by atoms with van der Waals surface area (Å²) < 4.78 is 27.0. The summed E-state index contributed by atoms with van der Waals surface area (Å²) in [6, 6.07) is 12.1. The van der Waals surface area contributed by atoms with Crippen LogP contribution in [0, 0.1) is 18.6 Å². The topological polar surface area (TPSA) is 98.7 Å². The minimum atomic E-state index is -1.09. The lowest BCUT2D eigenvalue weighted by Gasteiger charge is -2.13. The molecule has 0 radical (unpaired) electrons. The van der Waals surface area contributed by atoms with E-state index in [-0.39, 0.29) is 33.9 Å². The average Bonchev–Trinajstić information content (AvgIpc) is 2.79. The van der Waals surface area contributed by atoms with Crippen LogP contribution in [0.1, 0.15) is 31.8 Å². The smallest absolute Gasteiger partial charge is 0.251 e. The zero-order valence-corrected chi connectivity index (χ0v) is 18.3. The van der Waals surface area contributed by atoms with Gasteiger partial charge in [-0.3, -0.25) is 9.59 Å². The fourth-order valence-corrected chi connectivity index (χ4v) is 3.32. The van der Waals surface area contributed by atoms with E-state index in [1.54, 1.807) is 19.1 Å². The summed E-state index contributed by atoms with van der Waals surface area (Å²) in [7, 11) is 0. The van der Waals surface area contributed by atoms with Crippen LogP contribution in [-0.2, 0) is 0 Å². The summed E-state index contributed by atoms with van der Waals surface area (Å²) in [6.07, 6.45) is -1.09. The first-order chi connectivity index (χ1) is 15.7. The van der Waals surface area contributed by atoms with Crippen molar-refractivity contribution in [3.63, 3.8) is 0 Å². The minimum Gasteiger partial charge on any atom is -0.394 e. The van der Waals surface area contributed by atoms with Crippen LogP contribution >= 0.6 is 11.6 Å². The van der Waals surface area contributed by atoms with Crippen LogP contribution in [-0.4, -0.2) is 41.2 Å². The predicted molar refractivity (Wildman–Crippen MR) is 121 cm³/mol. The molecule has 1 unspecified atom stereocenters. The van der Waals surface area contributed by atoms with Crippen molar-refractivity contribution in [1.82, 2.24) is 5.32 Å². The van der Waals surface area contributed by atoms with E-state index in [0.717, 1.165) is 12.1 Å². The number of aliphatic hydroxyl groups is 2. The molecular formula is C24H21ClF2N2O4. The van der Waals surface area contributed by atoms with Crippen molar-refractivity contribution in [2.24, 2.45) is 0 Å². The molecule has 0 aliphatic carbocycles. The highest BCUT2D eigenvalue weighted by atomic mass is 35.5. The number of rotatable bonds is 8. The molecule has 172 valence electrons. The van der Waals surface area contributed by atoms with Crippen molar-refractivity contribution >= 4 is 34.7 Å².